The van der Waals surface area contributed by atoms with Gasteiger partial charge < -0.3 is 0 Å². The predicted octanol–water partition coefficient (Wildman–Crippen LogP) is 2.00. The Morgan fingerprint density at radius 2 is 1.92 bits per heavy atom. The van der Waals surface area contributed by atoms with Crippen LogP contribution in [0.4, 0.5) is 5.82 Å². The summed E-state index contributed by atoms with van der Waals surface area (Å²) in [5.74, 6) is 0.143. The third-order valence-corrected chi connectivity index (χ3v) is 4.55. The quantitative estimate of drug-likeness (QED) is 0.766. The lowest BCUT2D eigenvalue weighted by atomic mass is 10.2. The van der Waals surface area contributed by atoms with Crippen molar-refractivity contribution in [2.24, 2.45) is 0 Å². The number of pyridine rings is 1. The zero-order valence-corrected chi connectivity index (χ0v) is 13.3. The molecule has 0 amide bonds. The third-order valence-electron chi connectivity index (χ3n) is 3.24. The van der Waals surface area contributed by atoms with E-state index in [0.29, 0.717) is 12.1 Å². The molecule has 1 N–H and O–H groups in total. The van der Waals surface area contributed by atoms with Crippen molar-refractivity contribution in [1.82, 2.24) is 14.8 Å². The van der Waals surface area contributed by atoms with Gasteiger partial charge >= 0.3 is 0 Å². The van der Waals surface area contributed by atoms with Crippen molar-refractivity contribution in [1.29, 1.82) is 5.26 Å². The maximum Gasteiger partial charge on any atom is 0.266 e. The van der Waals surface area contributed by atoms with Gasteiger partial charge in [-0.05, 0) is 17.7 Å². The van der Waals surface area contributed by atoms with Crippen LogP contribution in [-0.2, 0) is 16.6 Å². The molecule has 3 rings (SSSR count). The number of nitrogens with one attached hydrogen (secondary N) is 1. The van der Waals surface area contributed by atoms with Crippen molar-refractivity contribution >= 4 is 15.8 Å². The van der Waals surface area contributed by atoms with Crippen LogP contribution in [0, 0.1) is 11.3 Å². The molecule has 120 valence electrons. The van der Waals surface area contributed by atoms with Crippen molar-refractivity contribution in [3.05, 3.63) is 72.2 Å². The Kier molecular flexibility index (Phi) is 4.26. The molecule has 0 saturated carbocycles. The van der Waals surface area contributed by atoms with E-state index in [1.54, 1.807) is 4.68 Å². The Labute approximate surface area is 139 Å². The van der Waals surface area contributed by atoms with E-state index < -0.39 is 10.0 Å². The van der Waals surface area contributed by atoms with Gasteiger partial charge in [0.1, 0.15) is 16.8 Å². The third kappa shape index (κ3) is 3.59. The molecule has 0 aliphatic carbocycles. The average Bonchev–Trinajstić information content (AvgIpc) is 3.06. The molecule has 0 aliphatic heterocycles. The lowest BCUT2D eigenvalue weighted by Crippen LogP contribution is -2.13. The van der Waals surface area contributed by atoms with Crippen molar-refractivity contribution in [2.45, 2.75) is 11.4 Å². The van der Waals surface area contributed by atoms with Crippen LogP contribution in [-0.4, -0.2) is 23.2 Å². The Bertz CT molecular complexity index is 973. The van der Waals surface area contributed by atoms with E-state index in [-0.39, 0.29) is 10.7 Å². The molecular weight excluding hydrogens is 326 g/mol. The highest BCUT2D eigenvalue weighted by molar-refractivity contribution is 7.92. The SMILES string of the molecule is N#Cc1ccc(NS(=O)(=O)c2cnn(Cc3ccccc3)c2)nc1. The second-order valence-electron chi connectivity index (χ2n) is 5.01. The number of nitriles is 1. The fourth-order valence-corrected chi connectivity index (χ4v) is 3.02. The summed E-state index contributed by atoms with van der Waals surface area (Å²) in [7, 11) is -3.78. The number of hydrogen-bond acceptors (Lipinski definition) is 5. The Hall–Kier alpha value is -3.18. The van der Waals surface area contributed by atoms with Gasteiger partial charge in [0.2, 0.25) is 0 Å². The van der Waals surface area contributed by atoms with Gasteiger partial charge in [-0.3, -0.25) is 9.40 Å². The van der Waals surface area contributed by atoms with Crippen molar-refractivity contribution in [3.8, 4) is 6.07 Å². The molecule has 0 saturated heterocycles. The van der Waals surface area contributed by atoms with Gasteiger partial charge in [0, 0.05) is 12.4 Å². The smallest absolute Gasteiger partial charge is 0.266 e. The van der Waals surface area contributed by atoms with E-state index in [1.165, 1.54) is 30.7 Å². The lowest BCUT2D eigenvalue weighted by Gasteiger charge is -2.05. The molecular formula is C16H13N5O2S. The van der Waals surface area contributed by atoms with Crippen LogP contribution in [0.2, 0.25) is 0 Å². The molecule has 2 heterocycles. The van der Waals surface area contributed by atoms with Crippen LogP contribution in [0.3, 0.4) is 0 Å². The Balaban J connectivity index is 1.76. The van der Waals surface area contributed by atoms with Crippen LogP contribution in [0.1, 0.15) is 11.1 Å². The highest BCUT2D eigenvalue weighted by Gasteiger charge is 2.17. The van der Waals surface area contributed by atoms with Crippen LogP contribution >= 0.6 is 0 Å². The minimum atomic E-state index is -3.78. The second kappa shape index (κ2) is 6.52. The summed E-state index contributed by atoms with van der Waals surface area (Å²) in [5.41, 5.74) is 1.37. The first-order valence-corrected chi connectivity index (χ1v) is 8.50. The van der Waals surface area contributed by atoms with E-state index in [9.17, 15) is 8.42 Å². The van der Waals surface area contributed by atoms with E-state index >= 15 is 0 Å². The number of rotatable bonds is 5. The Morgan fingerprint density at radius 3 is 2.58 bits per heavy atom. The van der Waals surface area contributed by atoms with Gasteiger partial charge in [-0.2, -0.15) is 10.4 Å². The maximum absolute atomic E-state index is 12.4. The summed E-state index contributed by atoms with van der Waals surface area (Å²) in [6.45, 7) is 0.478. The van der Waals surface area contributed by atoms with E-state index in [1.807, 2.05) is 36.4 Å². The first-order chi connectivity index (χ1) is 11.6. The zero-order valence-electron chi connectivity index (χ0n) is 12.5. The molecule has 0 aliphatic rings. The molecule has 0 atom stereocenters. The van der Waals surface area contributed by atoms with Crippen molar-refractivity contribution in [3.63, 3.8) is 0 Å². The molecule has 0 spiro atoms. The normalized spacial score (nSPS) is 11.0. The largest absolute Gasteiger partial charge is 0.267 e. The molecule has 1 aromatic carbocycles. The topological polar surface area (TPSA) is 101 Å². The zero-order chi connectivity index (χ0) is 17.0. The van der Waals surface area contributed by atoms with E-state index in [2.05, 4.69) is 14.8 Å². The fourth-order valence-electron chi connectivity index (χ4n) is 2.06. The molecule has 0 fully saturated rings. The molecule has 2 aromatic heterocycles. The summed E-state index contributed by atoms with van der Waals surface area (Å²) in [6.07, 6.45) is 4.05. The number of aromatic nitrogens is 3. The van der Waals surface area contributed by atoms with Gasteiger partial charge in [-0.25, -0.2) is 13.4 Å². The summed E-state index contributed by atoms with van der Waals surface area (Å²) in [4.78, 5) is 3.94. The van der Waals surface area contributed by atoms with Crippen LogP contribution in [0.25, 0.3) is 0 Å². The van der Waals surface area contributed by atoms with Crippen molar-refractivity contribution in [2.75, 3.05) is 4.72 Å². The summed E-state index contributed by atoms with van der Waals surface area (Å²) >= 11 is 0. The number of hydrogen-bond donors (Lipinski definition) is 1. The number of benzene rings is 1. The molecule has 0 radical (unpaired) electrons. The average molecular weight is 339 g/mol. The molecule has 8 heteroatoms. The number of nitrogens with zero attached hydrogens (tertiary/aromatic N) is 4. The second-order valence-corrected chi connectivity index (χ2v) is 6.69. The Morgan fingerprint density at radius 1 is 1.12 bits per heavy atom. The minimum absolute atomic E-state index is 0.0459. The van der Waals surface area contributed by atoms with Crippen LogP contribution < -0.4 is 4.72 Å². The van der Waals surface area contributed by atoms with E-state index in [4.69, 9.17) is 5.26 Å². The summed E-state index contributed by atoms with van der Waals surface area (Å²) in [5, 5.41) is 12.8. The van der Waals surface area contributed by atoms with E-state index in [0.717, 1.165) is 5.56 Å². The highest BCUT2D eigenvalue weighted by atomic mass is 32.2. The minimum Gasteiger partial charge on any atom is -0.267 e. The number of anilines is 1. The van der Waals surface area contributed by atoms with Gasteiger partial charge in [0.15, 0.2) is 0 Å². The first-order valence-electron chi connectivity index (χ1n) is 7.02. The maximum atomic E-state index is 12.4. The van der Waals surface area contributed by atoms with Gasteiger partial charge in [0.05, 0.1) is 18.3 Å². The molecule has 0 unspecified atom stereocenters. The monoisotopic (exact) mass is 339 g/mol. The molecule has 7 nitrogen and oxygen atoms in total. The molecule has 24 heavy (non-hydrogen) atoms. The van der Waals surface area contributed by atoms with Crippen LogP contribution in [0.5, 0.6) is 0 Å². The highest BCUT2D eigenvalue weighted by Crippen LogP contribution is 2.14. The summed E-state index contributed by atoms with van der Waals surface area (Å²) < 4.78 is 28.6. The lowest BCUT2D eigenvalue weighted by molar-refractivity contribution is 0.600. The van der Waals surface area contributed by atoms with Crippen LogP contribution in [0.15, 0.2) is 66.0 Å². The van der Waals surface area contributed by atoms with Gasteiger partial charge in [0.25, 0.3) is 10.0 Å². The van der Waals surface area contributed by atoms with Gasteiger partial charge in [-0.1, -0.05) is 30.3 Å². The fraction of sp³-hybridized carbons (Fsp3) is 0.0625. The van der Waals surface area contributed by atoms with Gasteiger partial charge in [-0.15, -0.1) is 0 Å². The number of sulfonamides is 1. The standard InChI is InChI=1S/C16H13N5O2S/c17-8-14-6-7-16(18-9-14)20-24(22,23)15-10-19-21(12-15)11-13-4-2-1-3-5-13/h1-7,9-10,12H,11H2,(H,18,20). The summed E-state index contributed by atoms with van der Waals surface area (Å²) in [6, 6.07) is 14.5. The molecule has 3 aromatic rings. The first kappa shape index (κ1) is 15.7. The van der Waals surface area contributed by atoms with Crippen molar-refractivity contribution < 1.29 is 8.42 Å². The molecule has 0 bridgehead atoms. The predicted molar refractivity (Wildman–Crippen MR) is 87.5 cm³/mol.